The van der Waals surface area contributed by atoms with Crippen molar-refractivity contribution >= 4 is 11.9 Å². The zero-order valence-corrected chi connectivity index (χ0v) is 10.2. The Hall–Kier alpha value is -1.95. The molecule has 1 aromatic rings. The molecule has 0 spiro atoms. The van der Waals surface area contributed by atoms with Crippen LogP contribution >= 0.6 is 0 Å². The molecule has 0 bridgehead atoms. The number of carboxylic acid groups (broad SMARTS) is 1. The molecule has 0 aliphatic heterocycles. The number of pyridine rings is 1. The largest absolute Gasteiger partial charge is 0.481 e. The molecule has 0 atom stereocenters. The number of methoxy groups -OCH3 is 1. The van der Waals surface area contributed by atoms with Gasteiger partial charge in [-0.2, -0.15) is 0 Å². The lowest BCUT2D eigenvalue weighted by Crippen LogP contribution is -2.35. The Morgan fingerprint density at radius 3 is 2.78 bits per heavy atom. The van der Waals surface area contributed by atoms with Gasteiger partial charge in [-0.25, -0.2) is 0 Å². The highest BCUT2D eigenvalue weighted by Crippen LogP contribution is 2.03. The second-order valence-corrected chi connectivity index (χ2v) is 3.71. The number of carboxylic acids is 1. The summed E-state index contributed by atoms with van der Waals surface area (Å²) in [5.74, 6) is -1.18. The molecule has 0 unspecified atom stereocenters. The number of hydrogen-bond donors (Lipinski definition) is 1. The van der Waals surface area contributed by atoms with Gasteiger partial charge in [-0.3, -0.25) is 14.6 Å². The lowest BCUT2D eigenvalue weighted by Gasteiger charge is -2.21. The van der Waals surface area contributed by atoms with Crippen molar-refractivity contribution in [2.24, 2.45) is 0 Å². The van der Waals surface area contributed by atoms with Crippen molar-refractivity contribution in [3.8, 4) is 0 Å². The first-order valence-corrected chi connectivity index (χ1v) is 5.52. The quantitative estimate of drug-likeness (QED) is 0.765. The van der Waals surface area contributed by atoms with E-state index < -0.39 is 5.97 Å². The van der Waals surface area contributed by atoms with Gasteiger partial charge in [0.25, 0.3) is 0 Å². The van der Waals surface area contributed by atoms with E-state index in [1.54, 1.807) is 18.3 Å². The van der Waals surface area contributed by atoms with Crippen molar-refractivity contribution in [3.05, 3.63) is 30.1 Å². The van der Waals surface area contributed by atoms with Gasteiger partial charge in [0.05, 0.1) is 18.7 Å². The minimum atomic E-state index is -0.939. The summed E-state index contributed by atoms with van der Waals surface area (Å²) in [6.07, 6.45) is 1.54. The normalized spacial score (nSPS) is 10.1. The molecule has 1 N–H and O–H groups in total. The fourth-order valence-corrected chi connectivity index (χ4v) is 1.42. The fourth-order valence-electron chi connectivity index (χ4n) is 1.42. The molecule has 1 rings (SSSR count). The minimum Gasteiger partial charge on any atom is -0.481 e. The third-order valence-corrected chi connectivity index (χ3v) is 2.30. The number of carbonyl (C=O) groups is 2. The van der Waals surface area contributed by atoms with E-state index in [9.17, 15) is 9.59 Å². The second-order valence-electron chi connectivity index (χ2n) is 3.71. The summed E-state index contributed by atoms with van der Waals surface area (Å²) in [5, 5.41) is 8.66. The lowest BCUT2D eigenvalue weighted by atomic mass is 10.3. The number of ether oxygens (including phenoxy) is 1. The van der Waals surface area contributed by atoms with Crippen LogP contribution < -0.4 is 0 Å². The van der Waals surface area contributed by atoms with Crippen LogP contribution in [0.4, 0.5) is 0 Å². The summed E-state index contributed by atoms with van der Waals surface area (Å²) in [7, 11) is 1.42. The van der Waals surface area contributed by atoms with E-state index in [1.807, 2.05) is 6.07 Å². The number of aliphatic carboxylic acids is 1. The summed E-state index contributed by atoms with van der Waals surface area (Å²) in [4.78, 5) is 27.8. The predicted octanol–water partition coefficient (Wildman–Crippen LogP) is 0.531. The zero-order chi connectivity index (χ0) is 13.4. The number of amides is 1. The van der Waals surface area contributed by atoms with E-state index in [0.29, 0.717) is 5.69 Å². The molecule has 0 aliphatic rings. The van der Waals surface area contributed by atoms with Crippen LogP contribution in [0.1, 0.15) is 12.1 Å². The molecule has 6 nitrogen and oxygen atoms in total. The number of hydrogen-bond acceptors (Lipinski definition) is 4. The van der Waals surface area contributed by atoms with E-state index in [4.69, 9.17) is 9.84 Å². The predicted molar refractivity (Wildman–Crippen MR) is 63.8 cm³/mol. The number of rotatable bonds is 7. The van der Waals surface area contributed by atoms with Crippen molar-refractivity contribution in [1.29, 1.82) is 0 Å². The first-order chi connectivity index (χ1) is 8.63. The van der Waals surface area contributed by atoms with Gasteiger partial charge in [0, 0.05) is 19.9 Å². The van der Waals surface area contributed by atoms with Gasteiger partial charge in [-0.15, -0.1) is 0 Å². The minimum absolute atomic E-state index is 0.0630. The summed E-state index contributed by atoms with van der Waals surface area (Å²) in [5.41, 5.74) is 0.715. The van der Waals surface area contributed by atoms with E-state index in [1.165, 1.54) is 12.0 Å². The van der Waals surface area contributed by atoms with Crippen molar-refractivity contribution in [1.82, 2.24) is 9.88 Å². The highest BCUT2D eigenvalue weighted by atomic mass is 16.5. The van der Waals surface area contributed by atoms with Gasteiger partial charge >= 0.3 is 5.97 Å². The Labute approximate surface area is 105 Å². The van der Waals surface area contributed by atoms with Gasteiger partial charge in [-0.1, -0.05) is 6.07 Å². The maximum absolute atomic E-state index is 11.7. The fraction of sp³-hybridized carbons (Fsp3) is 0.417. The molecule has 0 saturated carbocycles. The topological polar surface area (TPSA) is 79.7 Å². The molecule has 0 fully saturated rings. The Morgan fingerprint density at radius 1 is 1.44 bits per heavy atom. The summed E-state index contributed by atoms with van der Waals surface area (Å²) in [6, 6.07) is 5.38. The van der Waals surface area contributed by atoms with Crippen LogP contribution in [0, 0.1) is 0 Å². The first kappa shape index (κ1) is 14.1. The average Bonchev–Trinajstić information content (AvgIpc) is 2.35. The number of carbonyl (C=O) groups excluding carboxylic acids is 1. The Bertz CT molecular complexity index is 394. The number of nitrogens with zero attached hydrogens (tertiary/aromatic N) is 2. The molecule has 0 aromatic carbocycles. The average molecular weight is 252 g/mol. The van der Waals surface area contributed by atoms with Crippen LogP contribution in [0.25, 0.3) is 0 Å². The van der Waals surface area contributed by atoms with Gasteiger partial charge in [0.2, 0.25) is 5.91 Å². The summed E-state index contributed by atoms with van der Waals surface area (Å²) in [6.45, 7) is 0.372. The van der Waals surface area contributed by atoms with Crippen LogP contribution in [-0.2, 0) is 20.9 Å². The van der Waals surface area contributed by atoms with Crippen molar-refractivity contribution in [3.63, 3.8) is 0 Å². The van der Waals surface area contributed by atoms with Crippen molar-refractivity contribution < 1.29 is 19.4 Å². The SMILES string of the molecule is COCC(=O)N(CCC(=O)O)Cc1ccccn1. The van der Waals surface area contributed by atoms with Crippen LogP contribution in [-0.4, -0.2) is 47.1 Å². The van der Waals surface area contributed by atoms with E-state index in [2.05, 4.69) is 4.98 Å². The smallest absolute Gasteiger partial charge is 0.305 e. The van der Waals surface area contributed by atoms with Gasteiger partial charge in [0.15, 0.2) is 0 Å². The van der Waals surface area contributed by atoms with Gasteiger partial charge in [-0.05, 0) is 12.1 Å². The maximum Gasteiger partial charge on any atom is 0.305 e. The molecule has 1 heterocycles. The maximum atomic E-state index is 11.7. The van der Waals surface area contributed by atoms with E-state index in [0.717, 1.165) is 0 Å². The number of aromatic nitrogens is 1. The van der Waals surface area contributed by atoms with Gasteiger partial charge < -0.3 is 14.7 Å². The van der Waals surface area contributed by atoms with E-state index in [-0.39, 0.29) is 32.0 Å². The second kappa shape index (κ2) is 7.39. The molecular formula is C12H16N2O4. The van der Waals surface area contributed by atoms with Crippen LogP contribution in [0.2, 0.25) is 0 Å². The third-order valence-electron chi connectivity index (χ3n) is 2.30. The molecule has 6 heteroatoms. The molecule has 0 radical (unpaired) electrons. The van der Waals surface area contributed by atoms with Crippen LogP contribution in [0.5, 0.6) is 0 Å². The molecule has 18 heavy (non-hydrogen) atoms. The molecular weight excluding hydrogens is 236 g/mol. The molecule has 1 amide bonds. The monoisotopic (exact) mass is 252 g/mol. The highest BCUT2D eigenvalue weighted by Gasteiger charge is 2.15. The van der Waals surface area contributed by atoms with Crippen LogP contribution in [0.15, 0.2) is 24.4 Å². The first-order valence-electron chi connectivity index (χ1n) is 5.52. The molecule has 98 valence electrons. The Balaban J connectivity index is 2.64. The summed E-state index contributed by atoms with van der Waals surface area (Å²) >= 11 is 0. The lowest BCUT2D eigenvalue weighted by molar-refractivity contribution is -0.140. The van der Waals surface area contributed by atoms with Crippen molar-refractivity contribution in [2.45, 2.75) is 13.0 Å². The van der Waals surface area contributed by atoms with Crippen molar-refractivity contribution in [2.75, 3.05) is 20.3 Å². The van der Waals surface area contributed by atoms with E-state index >= 15 is 0 Å². The molecule has 1 aromatic heterocycles. The molecule has 0 saturated heterocycles. The Kier molecular flexibility index (Phi) is 5.79. The third kappa shape index (κ3) is 4.92. The van der Waals surface area contributed by atoms with Crippen LogP contribution in [0.3, 0.4) is 0 Å². The van der Waals surface area contributed by atoms with Gasteiger partial charge in [0.1, 0.15) is 6.61 Å². The highest BCUT2D eigenvalue weighted by molar-refractivity contribution is 5.78. The summed E-state index contributed by atoms with van der Waals surface area (Å²) < 4.78 is 4.77. The Morgan fingerprint density at radius 2 is 2.22 bits per heavy atom. The standard InChI is InChI=1S/C12H16N2O4/c1-18-9-11(15)14(7-5-12(16)17)8-10-4-2-3-6-13-10/h2-4,6H,5,7-9H2,1H3,(H,16,17). The molecule has 0 aliphatic carbocycles. The zero-order valence-electron chi connectivity index (χ0n) is 10.2.